The molecular formula is C51H91NO8P+. The number of carbonyl (C=O) groups is 2. The van der Waals surface area contributed by atoms with E-state index in [0.717, 1.165) is 83.5 Å². The fraction of sp³-hybridized carbons (Fsp3) is 0.725. The Kier molecular flexibility index (Phi) is 40.9. The van der Waals surface area contributed by atoms with Crippen LogP contribution in [0.1, 0.15) is 187 Å². The van der Waals surface area contributed by atoms with Gasteiger partial charge in [-0.1, -0.05) is 183 Å². The summed E-state index contributed by atoms with van der Waals surface area (Å²) in [6, 6.07) is 0. The number of unbranched alkanes of at least 4 members (excludes halogenated alkanes) is 17. The molecule has 0 amide bonds. The minimum Gasteiger partial charge on any atom is -0.462 e. The lowest BCUT2D eigenvalue weighted by atomic mass is 10.0. The Morgan fingerprint density at radius 2 is 0.934 bits per heavy atom. The second kappa shape index (κ2) is 42.7. The van der Waals surface area contributed by atoms with E-state index in [4.69, 9.17) is 18.5 Å². The molecule has 61 heavy (non-hydrogen) atoms. The van der Waals surface area contributed by atoms with Crippen LogP contribution >= 0.6 is 7.82 Å². The first-order chi connectivity index (χ1) is 29.5. The number of hydrogen-bond donors (Lipinski definition) is 1. The zero-order valence-corrected chi connectivity index (χ0v) is 40.5. The minimum absolute atomic E-state index is 0.0288. The van der Waals surface area contributed by atoms with E-state index in [1.807, 2.05) is 21.1 Å². The van der Waals surface area contributed by atoms with Crippen molar-refractivity contribution in [3.05, 3.63) is 72.9 Å². The van der Waals surface area contributed by atoms with Crippen molar-refractivity contribution in [2.75, 3.05) is 47.5 Å². The number of ether oxygens (including phenoxy) is 2. The largest absolute Gasteiger partial charge is 0.472 e. The zero-order chi connectivity index (χ0) is 45.0. The number of phosphoric ester groups is 1. The molecule has 9 nitrogen and oxygen atoms in total. The number of nitrogens with zero attached hydrogens (tertiary/aromatic N) is 1. The summed E-state index contributed by atoms with van der Waals surface area (Å²) >= 11 is 0. The first-order valence-electron chi connectivity index (χ1n) is 24.2. The van der Waals surface area contributed by atoms with Crippen molar-refractivity contribution in [3.63, 3.8) is 0 Å². The number of allylic oxidation sites excluding steroid dienone is 12. The number of quaternary nitrogens is 1. The summed E-state index contributed by atoms with van der Waals surface area (Å²) < 4.78 is 34.3. The molecule has 0 heterocycles. The van der Waals surface area contributed by atoms with Crippen LogP contribution in [0, 0.1) is 0 Å². The Hall–Kier alpha value is -2.55. The second-order valence-electron chi connectivity index (χ2n) is 17.1. The predicted octanol–water partition coefficient (Wildman–Crippen LogP) is 14.2. The van der Waals surface area contributed by atoms with Crippen molar-refractivity contribution >= 4 is 19.8 Å². The first kappa shape index (κ1) is 58.5. The SMILES string of the molecule is CC/C=C\C/C=C\C/C=C\C/C=C\C/C=C\C/C=C\CCCCCCCCCCCCC(=O)OC(COC(=O)CCCCCCCCCC)COP(=O)(O)OCC[N+](C)(C)C. The molecule has 0 aromatic heterocycles. The number of esters is 2. The molecule has 0 aliphatic rings. The summed E-state index contributed by atoms with van der Waals surface area (Å²) in [5.41, 5.74) is 0. The van der Waals surface area contributed by atoms with Gasteiger partial charge in [0.25, 0.3) is 0 Å². The summed E-state index contributed by atoms with van der Waals surface area (Å²) in [5, 5.41) is 0. The summed E-state index contributed by atoms with van der Waals surface area (Å²) in [7, 11) is 1.47. The van der Waals surface area contributed by atoms with E-state index in [0.29, 0.717) is 17.4 Å². The van der Waals surface area contributed by atoms with Gasteiger partial charge in [0, 0.05) is 12.8 Å². The van der Waals surface area contributed by atoms with Crippen LogP contribution in [0.15, 0.2) is 72.9 Å². The third kappa shape index (κ3) is 46.8. The topological polar surface area (TPSA) is 108 Å². The van der Waals surface area contributed by atoms with Crippen molar-refractivity contribution in [1.82, 2.24) is 0 Å². The van der Waals surface area contributed by atoms with Gasteiger partial charge in [-0.15, -0.1) is 0 Å². The van der Waals surface area contributed by atoms with Gasteiger partial charge < -0.3 is 18.9 Å². The van der Waals surface area contributed by atoms with E-state index < -0.39 is 26.5 Å². The van der Waals surface area contributed by atoms with E-state index in [1.54, 1.807) is 0 Å². The summed E-state index contributed by atoms with van der Waals surface area (Å²) in [4.78, 5) is 35.3. The van der Waals surface area contributed by atoms with Crippen molar-refractivity contribution in [3.8, 4) is 0 Å². The van der Waals surface area contributed by atoms with Crippen molar-refractivity contribution in [2.45, 2.75) is 193 Å². The van der Waals surface area contributed by atoms with Crippen LogP contribution in [0.5, 0.6) is 0 Å². The Morgan fingerprint density at radius 1 is 0.525 bits per heavy atom. The number of rotatable bonds is 43. The lowest BCUT2D eigenvalue weighted by Gasteiger charge is -2.24. The maximum absolute atomic E-state index is 12.7. The van der Waals surface area contributed by atoms with Gasteiger partial charge in [-0.3, -0.25) is 18.6 Å². The average molecular weight is 877 g/mol. The Balaban J connectivity index is 4.13. The summed E-state index contributed by atoms with van der Waals surface area (Å²) in [6.07, 6.45) is 54.0. The Morgan fingerprint density at radius 3 is 1.39 bits per heavy atom. The molecule has 0 aliphatic carbocycles. The van der Waals surface area contributed by atoms with Crippen molar-refractivity contribution in [1.29, 1.82) is 0 Å². The average Bonchev–Trinajstić information content (AvgIpc) is 3.21. The molecule has 0 aromatic rings. The molecule has 2 atom stereocenters. The molecule has 0 spiro atoms. The highest BCUT2D eigenvalue weighted by Gasteiger charge is 2.27. The molecule has 0 radical (unpaired) electrons. The molecule has 0 aliphatic heterocycles. The second-order valence-corrected chi connectivity index (χ2v) is 18.6. The first-order valence-corrected chi connectivity index (χ1v) is 25.7. The molecule has 0 saturated heterocycles. The standard InChI is InChI=1S/C51H90NO8P/c1-6-8-10-12-14-16-17-18-19-20-21-22-23-24-25-26-27-28-29-30-31-32-33-34-35-36-38-40-42-44-51(54)60-49(48-59-61(55,56)58-46-45-52(3,4)5)47-57-50(53)43-41-39-37-15-13-11-9-7-2/h8,10,14,16,18-19,21-22,24-25,27-28,49H,6-7,9,11-13,15,17,20,23,26,29-48H2,1-5H3/p+1/b10-8-,16-14-,19-18-,22-21-,25-24-,28-27-. The fourth-order valence-electron chi connectivity index (χ4n) is 6.25. The number of carbonyl (C=O) groups excluding carboxylic acids is 2. The van der Waals surface area contributed by atoms with Gasteiger partial charge in [0.15, 0.2) is 6.10 Å². The van der Waals surface area contributed by atoms with Crippen LogP contribution < -0.4 is 0 Å². The van der Waals surface area contributed by atoms with Crippen LogP contribution in [0.25, 0.3) is 0 Å². The van der Waals surface area contributed by atoms with E-state index in [-0.39, 0.29) is 32.0 Å². The van der Waals surface area contributed by atoms with E-state index in [2.05, 4.69) is 86.8 Å². The maximum atomic E-state index is 12.7. The van der Waals surface area contributed by atoms with E-state index in [1.165, 1.54) is 70.6 Å². The van der Waals surface area contributed by atoms with Gasteiger partial charge in [0.1, 0.15) is 19.8 Å². The highest BCUT2D eigenvalue weighted by Crippen LogP contribution is 2.43. The third-order valence-corrected chi connectivity index (χ3v) is 11.0. The third-order valence-electron chi connectivity index (χ3n) is 10.0. The van der Waals surface area contributed by atoms with Gasteiger partial charge in [-0.2, -0.15) is 0 Å². The quantitative estimate of drug-likeness (QED) is 0.0212. The molecule has 0 aromatic carbocycles. The molecule has 0 fully saturated rings. The lowest BCUT2D eigenvalue weighted by Crippen LogP contribution is -2.37. The number of hydrogen-bond acceptors (Lipinski definition) is 7. The smallest absolute Gasteiger partial charge is 0.462 e. The van der Waals surface area contributed by atoms with Crippen LogP contribution in [0.2, 0.25) is 0 Å². The van der Waals surface area contributed by atoms with Crippen molar-refractivity contribution in [2.24, 2.45) is 0 Å². The van der Waals surface area contributed by atoms with Crippen molar-refractivity contribution < 1.29 is 42.1 Å². The number of phosphoric acid groups is 1. The van der Waals surface area contributed by atoms with Gasteiger partial charge in [-0.05, 0) is 64.2 Å². The number of likely N-dealkylation sites (N-methyl/N-ethyl adjacent to an activating group) is 1. The fourth-order valence-corrected chi connectivity index (χ4v) is 6.99. The molecule has 0 rings (SSSR count). The minimum atomic E-state index is -4.37. The van der Waals surface area contributed by atoms with Gasteiger partial charge in [0.2, 0.25) is 0 Å². The van der Waals surface area contributed by atoms with E-state index in [9.17, 15) is 19.0 Å². The van der Waals surface area contributed by atoms with Gasteiger partial charge in [-0.25, -0.2) is 4.57 Å². The maximum Gasteiger partial charge on any atom is 0.472 e. The monoisotopic (exact) mass is 877 g/mol. The summed E-state index contributed by atoms with van der Waals surface area (Å²) in [5.74, 6) is -0.810. The summed E-state index contributed by atoms with van der Waals surface area (Å²) in [6.45, 7) is 4.26. The molecule has 0 saturated carbocycles. The molecule has 2 unspecified atom stereocenters. The van der Waals surface area contributed by atoms with Crippen LogP contribution in [-0.2, 0) is 32.7 Å². The molecule has 352 valence electrons. The molecule has 10 heteroatoms. The molecule has 0 bridgehead atoms. The Labute approximate surface area is 374 Å². The Bertz CT molecular complexity index is 1270. The van der Waals surface area contributed by atoms with E-state index >= 15 is 0 Å². The van der Waals surface area contributed by atoms with Gasteiger partial charge >= 0.3 is 19.8 Å². The lowest BCUT2D eigenvalue weighted by molar-refractivity contribution is -0.870. The predicted molar refractivity (Wildman–Crippen MR) is 256 cm³/mol. The molecular weight excluding hydrogens is 786 g/mol. The van der Waals surface area contributed by atoms with Crippen LogP contribution in [0.3, 0.4) is 0 Å². The highest BCUT2D eigenvalue weighted by molar-refractivity contribution is 7.47. The highest BCUT2D eigenvalue weighted by atomic mass is 31.2. The normalized spacial score (nSPS) is 14.1. The molecule has 1 N–H and O–H groups in total. The zero-order valence-electron chi connectivity index (χ0n) is 39.6. The van der Waals surface area contributed by atoms with Crippen LogP contribution in [-0.4, -0.2) is 74.9 Å². The van der Waals surface area contributed by atoms with Gasteiger partial charge in [0.05, 0.1) is 27.7 Å². The van der Waals surface area contributed by atoms with Crippen LogP contribution in [0.4, 0.5) is 0 Å².